The molecule has 6 heteroatoms. The second-order valence-corrected chi connectivity index (χ2v) is 7.77. The highest BCUT2D eigenvalue weighted by molar-refractivity contribution is 7.89. The van der Waals surface area contributed by atoms with Gasteiger partial charge in [-0.15, -0.1) is 0 Å². The van der Waals surface area contributed by atoms with Crippen molar-refractivity contribution in [2.24, 2.45) is 11.8 Å². The Kier molecular flexibility index (Phi) is 4.78. The van der Waals surface area contributed by atoms with E-state index >= 15 is 0 Å². The van der Waals surface area contributed by atoms with Gasteiger partial charge in [-0.05, 0) is 42.4 Å². The monoisotopic (exact) mass is 312 g/mol. The highest BCUT2D eigenvalue weighted by atomic mass is 32.2. The van der Waals surface area contributed by atoms with Crippen molar-refractivity contribution in [3.63, 3.8) is 0 Å². The number of sulfonamides is 1. The number of benzene rings is 1. The molecule has 1 aromatic rings. The lowest BCUT2D eigenvalue weighted by Gasteiger charge is -2.22. The van der Waals surface area contributed by atoms with Crippen LogP contribution in [0.15, 0.2) is 17.0 Å². The van der Waals surface area contributed by atoms with Gasteiger partial charge < -0.3 is 10.5 Å². The summed E-state index contributed by atoms with van der Waals surface area (Å²) in [5, 5.41) is 0. The van der Waals surface area contributed by atoms with E-state index < -0.39 is 10.0 Å². The molecule has 0 radical (unpaired) electrons. The molecule has 0 bridgehead atoms. The maximum atomic E-state index is 12.5. The Morgan fingerprint density at radius 2 is 2.05 bits per heavy atom. The summed E-state index contributed by atoms with van der Waals surface area (Å²) in [6.07, 6.45) is 1.68. The minimum absolute atomic E-state index is 0.160. The number of nitrogens with one attached hydrogen (secondary N) is 1. The highest BCUT2D eigenvalue weighted by Gasteiger charge is 2.25. The minimum Gasteiger partial charge on any atom is -0.492 e. The highest BCUT2D eigenvalue weighted by Crippen LogP contribution is 2.34. The number of aryl methyl sites for hydroxylation is 1. The van der Waals surface area contributed by atoms with Crippen molar-refractivity contribution >= 4 is 15.7 Å². The van der Waals surface area contributed by atoms with Gasteiger partial charge in [-0.1, -0.05) is 20.8 Å². The van der Waals surface area contributed by atoms with Gasteiger partial charge in [0.25, 0.3) is 0 Å². The van der Waals surface area contributed by atoms with Crippen LogP contribution in [0.4, 0.5) is 5.69 Å². The van der Waals surface area contributed by atoms with Crippen molar-refractivity contribution < 1.29 is 13.2 Å². The average molecular weight is 312 g/mol. The van der Waals surface area contributed by atoms with Crippen LogP contribution in [0, 0.1) is 11.8 Å². The lowest BCUT2D eigenvalue weighted by atomic mass is 9.99. The molecule has 3 N–H and O–H groups in total. The first kappa shape index (κ1) is 16.1. The fraction of sp³-hybridized carbons (Fsp3) is 0.600. The average Bonchev–Trinajstić information content (AvgIpc) is 2.43. The van der Waals surface area contributed by atoms with Gasteiger partial charge in [-0.2, -0.15) is 0 Å². The molecular weight excluding hydrogens is 288 g/mol. The molecule has 0 saturated heterocycles. The number of ether oxygens (including phenoxy) is 1. The first-order chi connectivity index (χ1) is 9.81. The van der Waals surface area contributed by atoms with Gasteiger partial charge in [0.1, 0.15) is 10.6 Å². The molecule has 1 atom stereocenters. The largest absolute Gasteiger partial charge is 0.492 e. The third-order valence-electron chi connectivity index (χ3n) is 4.01. The summed E-state index contributed by atoms with van der Waals surface area (Å²) in [5.74, 6) is 1.14. The van der Waals surface area contributed by atoms with Crippen molar-refractivity contribution in [1.29, 1.82) is 0 Å². The predicted octanol–water partition coefficient (Wildman–Crippen LogP) is 2.16. The van der Waals surface area contributed by atoms with E-state index in [0.29, 0.717) is 30.5 Å². The van der Waals surface area contributed by atoms with E-state index in [0.717, 1.165) is 18.4 Å². The van der Waals surface area contributed by atoms with E-state index in [-0.39, 0.29) is 10.8 Å². The molecule has 1 unspecified atom stereocenters. The fourth-order valence-electron chi connectivity index (χ4n) is 2.22. The van der Waals surface area contributed by atoms with Crippen molar-refractivity contribution in [2.45, 2.75) is 38.5 Å². The lowest BCUT2D eigenvalue weighted by Crippen LogP contribution is -2.31. The molecule has 118 valence electrons. The van der Waals surface area contributed by atoms with Crippen molar-refractivity contribution in [3.05, 3.63) is 17.7 Å². The summed E-state index contributed by atoms with van der Waals surface area (Å²) in [4.78, 5) is 0.160. The Labute approximate surface area is 126 Å². The van der Waals surface area contributed by atoms with Crippen LogP contribution >= 0.6 is 0 Å². The smallest absolute Gasteiger partial charge is 0.244 e. The number of rotatable bonds is 5. The SMILES string of the molecule is CC(C)C(C)CNS(=O)(=O)c1cc(N)cc2c1OCCC2. The van der Waals surface area contributed by atoms with E-state index in [1.807, 2.05) is 6.92 Å². The van der Waals surface area contributed by atoms with Gasteiger partial charge in [0.15, 0.2) is 0 Å². The number of anilines is 1. The van der Waals surface area contributed by atoms with Crippen LogP contribution in [0.3, 0.4) is 0 Å². The number of hydrogen-bond donors (Lipinski definition) is 2. The summed E-state index contributed by atoms with van der Waals surface area (Å²) in [6, 6.07) is 3.27. The fourth-order valence-corrected chi connectivity index (χ4v) is 3.59. The number of nitrogens with two attached hydrogens (primary N) is 1. The molecule has 1 aliphatic heterocycles. The van der Waals surface area contributed by atoms with Crippen LogP contribution in [0.2, 0.25) is 0 Å². The van der Waals surface area contributed by atoms with Crippen LogP contribution in [0.5, 0.6) is 5.75 Å². The van der Waals surface area contributed by atoms with Gasteiger partial charge in [-0.25, -0.2) is 13.1 Å². The van der Waals surface area contributed by atoms with Gasteiger partial charge in [0, 0.05) is 12.2 Å². The van der Waals surface area contributed by atoms with Crippen LogP contribution in [0.1, 0.15) is 32.8 Å². The maximum Gasteiger partial charge on any atom is 0.244 e. The Bertz CT molecular complexity index is 612. The summed E-state index contributed by atoms with van der Waals surface area (Å²) >= 11 is 0. The Balaban J connectivity index is 2.29. The Morgan fingerprint density at radius 3 is 2.71 bits per heavy atom. The third-order valence-corrected chi connectivity index (χ3v) is 5.44. The van der Waals surface area contributed by atoms with E-state index in [9.17, 15) is 8.42 Å². The third kappa shape index (κ3) is 3.68. The van der Waals surface area contributed by atoms with Crippen molar-refractivity contribution in [3.8, 4) is 5.75 Å². The maximum absolute atomic E-state index is 12.5. The molecule has 2 rings (SSSR count). The van der Waals surface area contributed by atoms with Gasteiger partial charge in [-0.3, -0.25) is 0 Å². The molecule has 1 aromatic carbocycles. The number of nitrogen functional groups attached to an aromatic ring is 1. The van der Waals surface area contributed by atoms with Crippen LogP contribution < -0.4 is 15.2 Å². The molecule has 0 aliphatic carbocycles. The second kappa shape index (κ2) is 6.23. The standard InChI is InChI=1S/C15H24N2O3S/c1-10(2)11(3)9-17-21(18,19)14-8-13(16)7-12-5-4-6-20-15(12)14/h7-8,10-11,17H,4-6,9,16H2,1-3H3. The molecule has 1 aliphatic rings. The molecule has 0 amide bonds. The molecule has 0 fully saturated rings. The van der Waals surface area contributed by atoms with Crippen LogP contribution in [0.25, 0.3) is 0 Å². The molecule has 5 nitrogen and oxygen atoms in total. The quantitative estimate of drug-likeness (QED) is 0.816. The molecular formula is C15H24N2O3S. The molecule has 0 saturated carbocycles. The number of hydrogen-bond acceptors (Lipinski definition) is 4. The summed E-state index contributed by atoms with van der Waals surface area (Å²) < 4.78 is 33.3. The van der Waals surface area contributed by atoms with Gasteiger partial charge >= 0.3 is 0 Å². The summed E-state index contributed by atoms with van der Waals surface area (Å²) in [5.41, 5.74) is 7.16. The predicted molar refractivity (Wildman–Crippen MR) is 83.9 cm³/mol. The molecule has 0 spiro atoms. The minimum atomic E-state index is -3.61. The zero-order chi connectivity index (χ0) is 15.6. The van der Waals surface area contributed by atoms with Crippen LogP contribution in [-0.4, -0.2) is 21.6 Å². The Hall–Kier alpha value is -1.27. The zero-order valence-electron chi connectivity index (χ0n) is 12.8. The second-order valence-electron chi connectivity index (χ2n) is 6.03. The molecule has 1 heterocycles. The van der Waals surface area contributed by atoms with Gasteiger partial charge in [0.2, 0.25) is 10.0 Å². The first-order valence-corrected chi connectivity index (χ1v) is 8.84. The zero-order valence-corrected chi connectivity index (χ0v) is 13.7. The topological polar surface area (TPSA) is 81.4 Å². The van der Waals surface area contributed by atoms with E-state index in [4.69, 9.17) is 10.5 Å². The molecule has 21 heavy (non-hydrogen) atoms. The van der Waals surface area contributed by atoms with E-state index in [1.54, 1.807) is 6.07 Å². The molecule has 0 aromatic heterocycles. The van der Waals surface area contributed by atoms with E-state index in [2.05, 4.69) is 18.6 Å². The van der Waals surface area contributed by atoms with Gasteiger partial charge in [0.05, 0.1) is 6.61 Å². The first-order valence-electron chi connectivity index (χ1n) is 7.36. The van der Waals surface area contributed by atoms with Crippen molar-refractivity contribution in [2.75, 3.05) is 18.9 Å². The number of fused-ring (bicyclic) bond motifs is 1. The normalized spacial score (nSPS) is 16.4. The lowest BCUT2D eigenvalue weighted by molar-refractivity contribution is 0.280. The van der Waals surface area contributed by atoms with Crippen molar-refractivity contribution in [1.82, 2.24) is 4.72 Å². The summed E-state index contributed by atoms with van der Waals surface area (Å²) in [6.45, 7) is 7.12. The van der Waals surface area contributed by atoms with E-state index in [1.165, 1.54) is 6.07 Å². The van der Waals surface area contributed by atoms with Crippen LogP contribution in [-0.2, 0) is 16.4 Å². The summed E-state index contributed by atoms with van der Waals surface area (Å²) in [7, 11) is -3.61. The Morgan fingerprint density at radius 1 is 1.33 bits per heavy atom.